The summed E-state index contributed by atoms with van der Waals surface area (Å²) in [6.45, 7) is 4.46. The maximum Gasteiger partial charge on any atom is 0.407 e. The number of nitrogens with one attached hydrogen (secondary N) is 1. The summed E-state index contributed by atoms with van der Waals surface area (Å²) < 4.78 is 32.6. The molecule has 1 aliphatic rings. The van der Waals surface area contributed by atoms with E-state index in [0.717, 1.165) is 16.5 Å². The number of hydrogen-bond acceptors (Lipinski definition) is 5. The summed E-state index contributed by atoms with van der Waals surface area (Å²) in [5, 5.41) is 2.96. The van der Waals surface area contributed by atoms with Crippen LogP contribution in [0.25, 0.3) is 0 Å². The summed E-state index contributed by atoms with van der Waals surface area (Å²) in [5.74, 6) is -0.219. The van der Waals surface area contributed by atoms with Crippen molar-refractivity contribution in [2.75, 3.05) is 12.8 Å². The first kappa shape index (κ1) is 25.7. The molecule has 0 aliphatic heterocycles. The zero-order valence-electron chi connectivity index (χ0n) is 19.4. The van der Waals surface area contributed by atoms with Crippen LogP contribution in [0, 0.1) is 5.92 Å². The van der Waals surface area contributed by atoms with Gasteiger partial charge >= 0.3 is 6.09 Å². The molecule has 8 heteroatoms. The first-order valence-electron chi connectivity index (χ1n) is 11.3. The van der Waals surface area contributed by atoms with Gasteiger partial charge in [0.05, 0.1) is 10.6 Å². The Hall–Kier alpha value is -1.90. The molecule has 2 aromatic carbocycles. The van der Waals surface area contributed by atoms with Gasteiger partial charge in [0.25, 0.3) is 0 Å². The van der Waals surface area contributed by atoms with Gasteiger partial charge in [0.1, 0.15) is 6.61 Å². The van der Waals surface area contributed by atoms with E-state index in [1.165, 1.54) is 0 Å². The van der Waals surface area contributed by atoms with Crippen LogP contribution < -0.4 is 5.32 Å². The number of benzene rings is 2. The highest BCUT2D eigenvalue weighted by atomic mass is 79.9. The van der Waals surface area contributed by atoms with Crippen LogP contribution in [0.3, 0.4) is 0 Å². The summed E-state index contributed by atoms with van der Waals surface area (Å²) >= 11 is 3.35. The fourth-order valence-corrected chi connectivity index (χ4v) is 6.28. The molecule has 1 N–H and O–H groups in total. The summed E-state index contributed by atoms with van der Waals surface area (Å²) in [5.41, 5.74) is 0.907. The summed E-state index contributed by atoms with van der Waals surface area (Å²) in [6, 6.07) is 16.6. The zero-order chi connectivity index (χ0) is 24.0. The van der Waals surface area contributed by atoms with E-state index in [-0.39, 0.29) is 30.4 Å². The van der Waals surface area contributed by atoms with E-state index in [4.69, 9.17) is 4.74 Å². The predicted molar refractivity (Wildman–Crippen MR) is 134 cm³/mol. The van der Waals surface area contributed by atoms with Crippen LogP contribution in [0.5, 0.6) is 0 Å². The van der Waals surface area contributed by atoms with E-state index >= 15 is 0 Å². The molecule has 0 bridgehead atoms. The monoisotopic (exact) mass is 536 g/mol. The van der Waals surface area contributed by atoms with Crippen molar-refractivity contribution >= 4 is 31.9 Å². The molecule has 180 valence electrons. The lowest BCUT2D eigenvalue weighted by molar-refractivity contribution is 0.100. The molecule has 1 amide bonds. The Morgan fingerprint density at radius 1 is 1.12 bits per heavy atom. The summed E-state index contributed by atoms with van der Waals surface area (Å²) in [4.78, 5) is 15.1. The normalized spacial score (nSPS) is 21.2. The average Bonchev–Trinajstić information content (AvgIpc) is 2.79. The minimum Gasteiger partial charge on any atom is -0.445 e. The molecule has 6 nitrogen and oxygen atoms in total. The first-order valence-corrected chi connectivity index (χ1v) is 13.8. The minimum absolute atomic E-state index is 0.0132. The average molecular weight is 538 g/mol. The largest absolute Gasteiger partial charge is 0.445 e. The standard InChI is InChI=1S/C25H33BrN2O4S/c1-18(2)28(3)22-11-14-24(27-25(29)32-16-19-7-5-4-6-8-19)20(15-22)17-33(30,31)23-12-9-21(26)10-13-23/h4-10,12-13,18,20,22,24H,11,14-17H2,1-3H3,(H,27,29)/t20-,22+,24-/m0/s1. The van der Waals surface area contributed by atoms with Gasteiger partial charge in [-0.15, -0.1) is 0 Å². The molecule has 0 heterocycles. The van der Waals surface area contributed by atoms with Crippen LogP contribution in [-0.2, 0) is 21.2 Å². The molecule has 33 heavy (non-hydrogen) atoms. The number of alkyl carbamates (subject to hydrolysis) is 1. The van der Waals surface area contributed by atoms with E-state index in [9.17, 15) is 13.2 Å². The van der Waals surface area contributed by atoms with Crippen LogP contribution >= 0.6 is 15.9 Å². The fourth-order valence-electron chi connectivity index (χ4n) is 4.34. The lowest BCUT2D eigenvalue weighted by atomic mass is 9.81. The molecule has 0 unspecified atom stereocenters. The first-order chi connectivity index (χ1) is 15.7. The van der Waals surface area contributed by atoms with Gasteiger partial charge in [-0.05, 0) is 75.9 Å². The van der Waals surface area contributed by atoms with Crippen LogP contribution in [-0.4, -0.2) is 50.3 Å². The third-order valence-corrected chi connectivity index (χ3v) is 8.85. The Morgan fingerprint density at radius 3 is 2.42 bits per heavy atom. The second-order valence-electron chi connectivity index (χ2n) is 9.03. The van der Waals surface area contributed by atoms with Gasteiger partial charge < -0.3 is 15.0 Å². The number of hydrogen-bond donors (Lipinski definition) is 1. The molecule has 0 saturated heterocycles. The van der Waals surface area contributed by atoms with Gasteiger partial charge in [0.2, 0.25) is 0 Å². The number of sulfone groups is 1. The summed E-state index contributed by atoms with van der Waals surface area (Å²) in [7, 11) is -1.42. The lowest BCUT2D eigenvalue weighted by Crippen LogP contribution is -2.51. The maximum absolute atomic E-state index is 13.2. The molecule has 1 saturated carbocycles. The molecule has 2 aromatic rings. The van der Waals surface area contributed by atoms with Crippen molar-refractivity contribution in [2.24, 2.45) is 5.92 Å². The number of halogens is 1. The van der Waals surface area contributed by atoms with Crippen molar-refractivity contribution in [3.63, 3.8) is 0 Å². The Morgan fingerprint density at radius 2 is 1.79 bits per heavy atom. The molecule has 3 atom stereocenters. The van der Waals surface area contributed by atoms with Crippen LogP contribution in [0.2, 0.25) is 0 Å². The van der Waals surface area contributed by atoms with Gasteiger partial charge in [-0.1, -0.05) is 46.3 Å². The van der Waals surface area contributed by atoms with Crippen molar-refractivity contribution in [3.8, 4) is 0 Å². The van der Waals surface area contributed by atoms with E-state index in [2.05, 4.69) is 47.0 Å². The molecule has 0 spiro atoms. The third kappa shape index (κ3) is 7.29. The number of amides is 1. The zero-order valence-corrected chi connectivity index (χ0v) is 21.8. The molecular weight excluding hydrogens is 504 g/mol. The van der Waals surface area contributed by atoms with Gasteiger partial charge in [0.15, 0.2) is 9.84 Å². The predicted octanol–water partition coefficient (Wildman–Crippen LogP) is 5.03. The smallest absolute Gasteiger partial charge is 0.407 e. The maximum atomic E-state index is 13.2. The van der Waals surface area contributed by atoms with Crippen molar-refractivity contribution in [3.05, 3.63) is 64.6 Å². The highest BCUT2D eigenvalue weighted by Crippen LogP contribution is 2.31. The van der Waals surface area contributed by atoms with E-state index in [0.29, 0.717) is 23.8 Å². The van der Waals surface area contributed by atoms with E-state index in [1.54, 1.807) is 24.3 Å². The number of ether oxygens (including phenoxy) is 1. The van der Waals surface area contributed by atoms with Crippen molar-refractivity contribution in [2.45, 2.75) is 62.7 Å². The third-order valence-electron chi connectivity index (χ3n) is 6.47. The number of rotatable bonds is 8. The van der Waals surface area contributed by atoms with Gasteiger partial charge in [0, 0.05) is 22.6 Å². The molecule has 1 fully saturated rings. The molecule has 1 aliphatic carbocycles. The summed E-state index contributed by atoms with van der Waals surface area (Å²) in [6.07, 6.45) is 1.80. The molecule has 0 aromatic heterocycles. The number of nitrogens with zero attached hydrogens (tertiary/aromatic N) is 1. The molecule has 3 rings (SSSR count). The lowest BCUT2D eigenvalue weighted by Gasteiger charge is -2.41. The Labute approximate surface area is 205 Å². The van der Waals surface area contributed by atoms with Crippen molar-refractivity contribution in [1.29, 1.82) is 0 Å². The number of carbonyl (C=O) groups excluding carboxylic acids is 1. The van der Waals surface area contributed by atoms with E-state index < -0.39 is 15.9 Å². The minimum atomic E-state index is -3.50. The van der Waals surface area contributed by atoms with Crippen molar-refractivity contribution < 1.29 is 17.9 Å². The van der Waals surface area contributed by atoms with Crippen LogP contribution in [0.4, 0.5) is 4.79 Å². The van der Waals surface area contributed by atoms with Gasteiger partial charge in [-0.3, -0.25) is 0 Å². The Bertz CT molecular complexity index is 1010. The second kappa shape index (κ2) is 11.5. The SMILES string of the molecule is CC(C)N(C)[C@@H]1CC[C@H](NC(=O)OCc2ccccc2)[C@H](CS(=O)(=O)c2ccc(Br)cc2)C1. The van der Waals surface area contributed by atoms with Crippen LogP contribution in [0.1, 0.15) is 38.7 Å². The van der Waals surface area contributed by atoms with Crippen molar-refractivity contribution in [1.82, 2.24) is 10.2 Å². The molecular formula is C25H33BrN2O4S. The van der Waals surface area contributed by atoms with Gasteiger partial charge in [-0.2, -0.15) is 0 Å². The topological polar surface area (TPSA) is 75.7 Å². The number of carbonyl (C=O) groups is 1. The molecule has 0 radical (unpaired) electrons. The van der Waals surface area contributed by atoms with Gasteiger partial charge in [-0.25, -0.2) is 13.2 Å². The quantitative estimate of drug-likeness (QED) is 0.512. The fraction of sp³-hybridized carbons (Fsp3) is 0.480. The highest BCUT2D eigenvalue weighted by Gasteiger charge is 2.37. The second-order valence-corrected chi connectivity index (χ2v) is 12.0. The highest BCUT2D eigenvalue weighted by molar-refractivity contribution is 9.10. The Balaban J connectivity index is 1.71. The van der Waals surface area contributed by atoms with E-state index in [1.807, 2.05) is 30.3 Å². The Kier molecular flexibility index (Phi) is 8.95. The van der Waals surface area contributed by atoms with Crippen LogP contribution in [0.15, 0.2) is 64.0 Å².